The molecule has 0 unspecified atom stereocenters. The SMILES string of the molecule is Cc1ccc(/C=C/C(=O)Nc2ccc(NC(=O)CN3CCOCC3)cc2)o1. The van der Waals surface area contributed by atoms with Gasteiger partial charge in [-0.1, -0.05) is 0 Å². The van der Waals surface area contributed by atoms with E-state index in [-0.39, 0.29) is 11.8 Å². The van der Waals surface area contributed by atoms with Gasteiger partial charge in [0.1, 0.15) is 11.5 Å². The third kappa shape index (κ3) is 6.09. The summed E-state index contributed by atoms with van der Waals surface area (Å²) >= 11 is 0. The summed E-state index contributed by atoms with van der Waals surface area (Å²) in [6.07, 6.45) is 3.03. The fourth-order valence-corrected chi connectivity index (χ4v) is 2.68. The van der Waals surface area contributed by atoms with E-state index in [1.54, 1.807) is 36.4 Å². The predicted octanol–water partition coefficient (Wildman–Crippen LogP) is 2.51. The third-order valence-electron chi connectivity index (χ3n) is 4.07. The Bertz CT molecular complexity index is 805. The van der Waals surface area contributed by atoms with Gasteiger partial charge in [0.25, 0.3) is 0 Å². The number of amides is 2. The highest BCUT2D eigenvalue weighted by atomic mass is 16.5. The quantitative estimate of drug-likeness (QED) is 0.765. The van der Waals surface area contributed by atoms with E-state index in [0.717, 1.165) is 18.8 Å². The van der Waals surface area contributed by atoms with E-state index in [9.17, 15) is 9.59 Å². The molecule has 1 aromatic carbocycles. The number of nitrogens with one attached hydrogen (secondary N) is 2. The lowest BCUT2D eigenvalue weighted by atomic mass is 10.2. The lowest BCUT2D eigenvalue weighted by molar-refractivity contribution is -0.118. The normalized spacial score (nSPS) is 15.0. The van der Waals surface area contributed by atoms with Crippen molar-refractivity contribution in [1.29, 1.82) is 0 Å². The zero-order valence-electron chi connectivity index (χ0n) is 15.2. The van der Waals surface area contributed by atoms with Gasteiger partial charge in [-0.15, -0.1) is 0 Å². The van der Waals surface area contributed by atoms with Crippen LogP contribution >= 0.6 is 0 Å². The number of aryl methyl sites for hydroxylation is 1. The Labute approximate surface area is 158 Å². The molecule has 27 heavy (non-hydrogen) atoms. The fraction of sp³-hybridized carbons (Fsp3) is 0.300. The average Bonchev–Trinajstić information content (AvgIpc) is 3.08. The third-order valence-corrected chi connectivity index (χ3v) is 4.07. The molecule has 1 aliphatic heterocycles. The van der Waals surface area contributed by atoms with Gasteiger partial charge in [-0.2, -0.15) is 0 Å². The van der Waals surface area contributed by atoms with Crippen LogP contribution in [0.25, 0.3) is 6.08 Å². The van der Waals surface area contributed by atoms with E-state index >= 15 is 0 Å². The van der Waals surface area contributed by atoms with Gasteiger partial charge >= 0.3 is 0 Å². The van der Waals surface area contributed by atoms with Gasteiger partial charge < -0.3 is 19.8 Å². The number of hydrogen-bond donors (Lipinski definition) is 2. The molecule has 2 amide bonds. The summed E-state index contributed by atoms with van der Waals surface area (Å²) in [7, 11) is 0. The average molecular weight is 369 g/mol. The zero-order chi connectivity index (χ0) is 19.1. The van der Waals surface area contributed by atoms with Crippen molar-refractivity contribution in [2.75, 3.05) is 43.5 Å². The van der Waals surface area contributed by atoms with Crippen LogP contribution in [0.15, 0.2) is 46.9 Å². The van der Waals surface area contributed by atoms with Crippen LogP contribution < -0.4 is 10.6 Å². The molecule has 2 N–H and O–H groups in total. The number of rotatable bonds is 6. The number of morpholine rings is 1. The molecule has 0 bridgehead atoms. The van der Waals surface area contributed by atoms with Gasteiger partial charge in [0, 0.05) is 30.5 Å². The highest BCUT2D eigenvalue weighted by Gasteiger charge is 2.14. The molecule has 2 heterocycles. The van der Waals surface area contributed by atoms with Crippen LogP contribution in [-0.4, -0.2) is 49.6 Å². The molecule has 0 atom stereocenters. The molecule has 2 aromatic rings. The smallest absolute Gasteiger partial charge is 0.248 e. The summed E-state index contributed by atoms with van der Waals surface area (Å²) in [4.78, 5) is 26.1. The first kappa shape index (κ1) is 18.9. The van der Waals surface area contributed by atoms with Crippen molar-refractivity contribution in [1.82, 2.24) is 4.90 Å². The maximum absolute atomic E-state index is 12.1. The molecule has 0 spiro atoms. The minimum atomic E-state index is -0.256. The lowest BCUT2D eigenvalue weighted by Gasteiger charge is -2.25. The lowest BCUT2D eigenvalue weighted by Crippen LogP contribution is -2.41. The summed E-state index contributed by atoms with van der Waals surface area (Å²) in [6.45, 7) is 5.05. The molecular formula is C20H23N3O4. The zero-order valence-corrected chi connectivity index (χ0v) is 15.2. The van der Waals surface area contributed by atoms with Gasteiger partial charge in [0.2, 0.25) is 11.8 Å². The van der Waals surface area contributed by atoms with E-state index in [4.69, 9.17) is 9.15 Å². The van der Waals surface area contributed by atoms with Crippen molar-refractivity contribution < 1.29 is 18.7 Å². The van der Waals surface area contributed by atoms with E-state index < -0.39 is 0 Å². The largest absolute Gasteiger partial charge is 0.462 e. The molecule has 1 saturated heterocycles. The van der Waals surface area contributed by atoms with E-state index in [0.29, 0.717) is 36.9 Å². The second kappa shape index (κ2) is 9.16. The van der Waals surface area contributed by atoms with Gasteiger partial charge in [0.15, 0.2) is 0 Å². The van der Waals surface area contributed by atoms with E-state index in [1.165, 1.54) is 6.08 Å². The van der Waals surface area contributed by atoms with Gasteiger partial charge in [-0.05, 0) is 49.4 Å². The number of furan rings is 1. The number of carbonyl (C=O) groups is 2. The van der Waals surface area contributed by atoms with Gasteiger partial charge in [-0.25, -0.2) is 0 Å². The maximum atomic E-state index is 12.1. The van der Waals surface area contributed by atoms with Crippen molar-refractivity contribution in [3.63, 3.8) is 0 Å². The minimum Gasteiger partial charge on any atom is -0.462 e. The van der Waals surface area contributed by atoms with Crippen LogP contribution in [-0.2, 0) is 14.3 Å². The second-order valence-corrected chi connectivity index (χ2v) is 6.29. The Kier molecular flexibility index (Phi) is 6.40. The molecule has 0 aliphatic carbocycles. The van der Waals surface area contributed by atoms with E-state index in [2.05, 4.69) is 15.5 Å². The molecule has 7 heteroatoms. The Morgan fingerprint density at radius 2 is 1.70 bits per heavy atom. The highest BCUT2D eigenvalue weighted by molar-refractivity contribution is 6.02. The number of hydrogen-bond acceptors (Lipinski definition) is 5. The molecule has 3 rings (SSSR count). The second-order valence-electron chi connectivity index (χ2n) is 6.29. The molecule has 1 aliphatic rings. The maximum Gasteiger partial charge on any atom is 0.248 e. The summed E-state index contributed by atoms with van der Waals surface area (Å²) in [5, 5.41) is 5.62. The Hall–Kier alpha value is -2.90. The van der Waals surface area contributed by atoms with Crippen molar-refractivity contribution >= 4 is 29.3 Å². The Balaban J connectivity index is 1.47. The fourth-order valence-electron chi connectivity index (χ4n) is 2.68. The molecular weight excluding hydrogens is 346 g/mol. The van der Waals surface area contributed by atoms with Gasteiger partial charge in [0.05, 0.1) is 19.8 Å². The monoisotopic (exact) mass is 369 g/mol. The first-order chi connectivity index (χ1) is 13.1. The molecule has 1 fully saturated rings. The molecule has 1 aromatic heterocycles. The van der Waals surface area contributed by atoms with Crippen LogP contribution in [0.4, 0.5) is 11.4 Å². The number of carbonyl (C=O) groups excluding carboxylic acids is 2. The van der Waals surface area contributed by atoms with Crippen LogP contribution in [0.1, 0.15) is 11.5 Å². The van der Waals surface area contributed by atoms with Crippen LogP contribution in [0.3, 0.4) is 0 Å². The standard InChI is InChI=1S/C20H23N3O4/c1-15-2-7-18(27-15)8-9-19(24)21-16-3-5-17(6-4-16)22-20(25)14-23-10-12-26-13-11-23/h2-9H,10-14H2,1H3,(H,21,24)(H,22,25)/b9-8+. The van der Waals surface area contributed by atoms with Crippen molar-refractivity contribution in [3.8, 4) is 0 Å². The van der Waals surface area contributed by atoms with Gasteiger partial charge in [-0.3, -0.25) is 14.5 Å². The van der Waals surface area contributed by atoms with Crippen molar-refractivity contribution in [3.05, 3.63) is 54.0 Å². The topological polar surface area (TPSA) is 83.8 Å². The first-order valence-corrected chi connectivity index (χ1v) is 8.84. The first-order valence-electron chi connectivity index (χ1n) is 8.84. The number of nitrogens with zero attached hydrogens (tertiary/aromatic N) is 1. The molecule has 142 valence electrons. The Morgan fingerprint density at radius 1 is 1.04 bits per heavy atom. The number of ether oxygens (including phenoxy) is 1. The van der Waals surface area contributed by atoms with E-state index in [1.807, 2.05) is 13.0 Å². The van der Waals surface area contributed by atoms with Crippen LogP contribution in [0.2, 0.25) is 0 Å². The summed E-state index contributed by atoms with van der Waals surface area (Å²) < 4.78 is 10.6. The molecule has 0 radical (unpaired) electrons. The molecule has 0 saturated carbocycles. The number of anilines is 2. The predicted molar refractivity (Wildman–Crippen MR) is 103 cm³/mol. The van der Waals surface area contributed by atoms with Crippen molar-refractivity contribution in [2.45, 2.75) is 6.92 Å². The summed E-state index contributed by atoms with van der Waals surface area (Å²) in [6, 6.07) is 10.6. The summed E-state index contributed by atoms with van der Waals surface area (Å²) in [5.74, 6) is 1.10. The van der Waals surface area contributed by atoms with Crippen molar-refractivity contribution in [2.24, 2.45) is 0 Å². The Morgan fingerprint density at radius 3 is 2.33 bits per heavy atom. The minimum absolute atomic E-state index is 0.0645. The summed E-state index contributed by atoms with van der Waals surface area (Å²) in [5.41, 5.74) is 1.33. The highest BCUT2D eigenvalue weighted by Crippen LogP contribution is 2.14. The van der Waals surface area contributed by atoms with Crippen LogP contribution in [0.5, 0.6) is 0 Å². The number of benzene rings is 1. The molecule has 7 nitrogen and oxygen atoms in total. The van der Waals surface area contributed by atoms with Crippen LogP contribution in [0, 0.1) is 6.92 Å².